The minimum Gasteiger partial charge on any atom is -0.379 e. The molecule has 0 radical (unpaired) electrons. The summed E-state index contributed by atoms with van der Waals surface area (Å²) in [5.74, 6) is 0.882. The van der Waals surface area contributed by atoms with Gasteiger partial charge in [-0.25, -0.2) is 4.98 Å². The number of aromatic nitrogens is 4. The SMILES string of the molecule is O=C(NCc1cccnc1)c1cc(NCc2cn3c(n2)SCC3)ccn1. The number of carbonyl (C=O) groups excluding carboxylic acids is 1. The van der Waals surface area contributed by atoms with E-state index in [9.17, 15) is 4.79 Å². The van der Waals surface area contributed by atoms with Crippen LogP contribution in [0.25, 0.3) is 0 Å². The van der Waals surface area contributed by atoms with E-state index in [4.69, 9.17) is 0 Å². The number of anilines is 1. The molecule has 0 aliphatic carbocycles. The van der Waals surface area contributed by atoms with Gasteiger partial charge < -0.3 is 15.2 Å². The van der Waals surface area contributed by atoms with Crippen molar-refractivity contribution in [3.05, 3.63) is 66.0 Å². The molecule has 26 heavy (non-hydrogen) atoms. The lowest BCUT2D eigenvalue weighted by Gasteiger charge is -2.08. The first-order valence-electron chi connectivity index (χ1n) is 8.34. The number of nitrogens with one attached hydrogen (secondary N) is 2. The minimum atomic E-state index is -0.213. The van der Waals surface area contributed by atoms with Gasteiger partial charge in [-0.3, -0.25) is 14.8 Å². The van der Waals surface area contributed by atoms with Gasteiger partial charge in [0.1, 0.15) is 5.69 Å². The predicted octanol–water partition coefficient (Wildman–Crippen LogP) is 2.32. The zero-order valence-electron chi connectivity index (χ0n) is 14.1. The van der Waals surface area contributed by atoms with E-state index < -0.39 is 0 Å². The van der Waals surface area contributed by atoms with Gasteiger partial charge in [-0.15, -0.1) is 0 Å². The molecule has 1 aliphatic heterocycles. The molecular weight excluding hydrogens is 348 g/mol. The summed E-state index contributed by atoms with van der Waals surface area (Å²) in [6.45, 7) is 2.05. The highest BCUT2D eigenvalue weighted by atomic mass is 32.2. The molecule has 3 aromatic rings. The summed E-state index contributed by atoms with van der Waals surface area (Å²) in [4.78, 5) is 25.1. The molecule has 0 atom stereocenters. The lowest BCUT2D eigenvalue weighted by atomic mass is 10.2. The molecule has 8 heteroatoms. The molecule has 0 bridgehead atoms. The molecule has 0 unspecified atom stereocenters. The number of pyridine rings is 2. The van der Waals surface area contributed by atoms with Gasteiger partial charge in [0, 0.05) is 49.3 Å². The Morgan fingerprint density at radius 1 is 1.27 bits per heavy atom. The molecule has 4 heterocycles. The molecule has 3 aromatic heterocycles. The zero-order chi connectivity index (χ0) is 17.8. The van der Waals surface area contributed by atoms with Crippen molar-refractivity contribution in [1.29, 1.82) is 0 Å². The maximum absolute atomic E-state index is 12.3. The van der Waals surface area contributed by atoms with E-state index in [1.807, 2.05) is 18.2 Å². The molecule has 2 N–H and O–H groups in total. The van der Waals surface area contributed by atoms with Crippen LogP contribution in [0.1, 0.15) is 21.7 Å². The number of amides is 1. The summed E-state index contributed by atoms with van der Waals surface area (Å²) in [5, 5.41) is 7.23. The first-order valence-corrected chi connectivity index (χ1v) is 9.32. The van der Waals surface area contributed by atoms with Crippen LogP contribution in [0.15, 0.2) is 54.2 Å². The van der Waals surface area contributed by atoms with Crippen molar-refractivity contribution in [3.63, 3.8) is 0 Å². The first kappa shape index (κ1) is 16.6. The highest BCUT2D eigenvalue weighted by Crippen LogP contribution is 2.24. The summed E-state index contributed by atoms with van der Waals surface area (Å²) in [5.41, 5.74) is 3.15. The smallest absolute Gasteiger partial charge is 0.270 e. The van der Waals surface area contributed by atoms with Crippen molar-refractivity contribution in [2.75, 3.05) is 11.1 Å². The van der Waals surface area contributed by atoms with Crippen LogP contribution in [-0.4, -0.2) is 31.2 Å². The van der Waals surface area contributed by atoms with Crippen molar-refractivity contribution >= 4 is 23.4 Å². The third-order valence-corrected chi connectivity index (χ3v) is 4.97. The Balaban J connectivity index is 1.35. The molecule has 132 valence electrons. The predicted molar refractivity (Wildman–Crippen MR) is 99.9 cm³/mol. The van der Waals surface area contributed by atoms with Crippen LogP contribution in [0.4, 0.5) is 5.69 Å². The zero-order valence-corrected chi connectivity index (χ0v) is 14.9. The molecule has 0 saturated heterocycles. The van der Waals surface area contributed by atoms with Crippen LogP contribution >= 0.6 is 11.8 Å². The molecule has 1 amide bonds. The fourth-order valence-electron chi connectivity index (χ4n) is 2.68. The van der Waals surface area contributed by atoms with Crippen LogP contribution in [-0.2, 0) is 19.6 Å². The second-order valence-electron chi connectivity index (χ2n) is 5.88. The molecule has 0 fully saturated rings. The number of hydrogen-bond donors (Lipinski definition) is 2. The van der Waals surface area contributed by atoms with E-state index in [1.54, 1.807) is 36.4 Å². The Morgan fingerprint density at radius 3 is 3.08 bits per heavy atom. The fourth-order valence-corrected chi connectivity index (χ4v) is 3.64. The van der Waals surface area contributed by atoms with Crippen molar-refractivity contribution in [1.82, 2.24) is 24.8 Å². The number of thioether (sulfide) groups is 1. The third kappa shape index (κ3) is 3.85. The lowest BCUT2D eigenvalue weighted by molar-refractivity contribution is 0.0946. The van der Waals surface area contributed by atoms with Gasteiger partial charge >= 0.3 is 0 Å². The summed E-state index contributed by atoms with van der Waals surface area (Å²) >= 11 is 1.78. The fraction of sp³-hybridized carbons (Fsp3) is 0.222. The highest BCUT2D eigenvalue weighted by Gasteiger charge is 2.14. The van der Waals surface area contributed by atoms with E-state index in [0.717, 1.165) is 34.4 Å². The topological polar surface area (TPSA) is 84.7 Å². The molecule has 1 aliphatic rings. The lowest BCUT2D eigenvalue weighted by Crippen LogP contribution is -2.23. The van der Waals surface area contributed by atoms with E-state index >= 15 is 0 Å². The third-order valence-electron chi connectivity index (χ3n) is 4.00. The first-order chi connectivity index (χ1) is 12.8. The van der Waals surface area contributed by atoms with Crippen LogP contribution in [0.3, 0.4) is 0 Å². The van der Waals surface area contributed by atoms with E-state index in [0.29, 0.717) is 18.8 Å². The molecule has 4 rings (SSSR count). The average Bonchev–Trinajstić information content (AvgIpc) is 3.27. The van der Waals surface area contributed by atoms with Gasteiger partial charge in [-0.1, -0.05) is 17.8 Å². The average molecular weight is 366 g/mol. The van der Waals surface area contributed by atoms with E-state index in [1.165, 1.54) is 0 Å². The molecule has 0 aromatic carbocycles. The highest BCUT2D eigenvalue weighted by molar-refractivity contribution is 7.99. The van der Waals surface area contributed by atoms with E-state index in [-0.39, 0.29) is 5.91 Å². The van der Waals surface area contributed by atoms with Crippen molar-refractivity contribution in [2.45, 2.75) is 24.8 Å². The number of nitrogens with zero attached hydrogens (tertiary/aromatic N) is 4. The summed E-state index contributed by atoms with van der Waals surface area (Å²) in [6.07, 6.45) is 7.14. The molecule has 0 saturated carbocycles. The van der Waals surface area contributed by atoms with Gasteiger partial charge in [0.05, 0.1) is 12.2 Å². The second kappa shape index (κ2) is 7.57. The van der Waals surface area contributed by atoms with Gasteiger partial charge in [0.2, 0.25) is 0 Å². The summed E-state index contributed by atoms with van der Waals surface area (Å²) < 4.78 is 2.17. The van der Waals surface area contributed by atoms with Gasteiger partial charge in [-0.05, 0) is 23.8 Å². The van der Waals surface area contributed by atoms with Gasteiger partial charge in [0.15, 0.2) is 5.16 Å². The maximum Gasteiger partial charge on any atom is 0.270 e. The maximum atomic E-state index is 12.3. The molecule has 7 nitrogen and oxygen atoms in total. The monoisotopic (exact) mass is 366 g/mol. The number of imidazole rings is 1. The number of rotatable bonds is 6. The van der Waals surface area contributed by atoms with Crippen molar-refractivity contribution in [3.8, 4) is 0 Å². The second-order valence-corrected chi connectivity index (χ2v) is 6.95. The van der Waals surface area contributed by atoms with Crippen LogP contribution in [0.5, 0.6) is 0 Å². The van der Waals surface area contributed by atoms with Gasteiger partial charge in [0.25, 0.3) is 5.91 Å². The van der Waals surface area contributed by atoms with Crippen LogP contribution in [0, 0.1) is 0 Å². The Morgan fingerprint density at radius 2 is 2.23 bits per heavy atom. The number of aryl methyl sites for hydroxylation is 1. The number of carbonyl (C=O) groups is 1. The standard InChI is InChI=1S/C18H18N6OS/c25-17(22-10-13-2-1-4-19-9-13)16-8-14(3-5-20-16)21-11-15-12-24-6-7-26-18(24)23-15/h1-5,8-9,12H,6-7,10-11H2,(H,20,21)(H,22,25). The summed E-state index contributed by atoms with van der Waals surface area (Å²) in [6, 6.07) is 7.35. The minimum absolute atomic E-state index is 0.213. The van der Waals surface area contributed by atoms with E-state index in [2.05, 4.69) is 36.3 Å². The van der Waals surface area contributed by atoms with Crippen LogP contribution in [0.2, 0.25) is 0 Å². The normalized spacial score (nSPS) is 12.6. The Kier molecular flexibility index (Phi) is 4.83. The van der Waals surface area contributed by atoms with Gasteiger partial charge in [-0.2, -0.15) is 0 Å². The number of fused-ring (bicyclic) bond motifs is 1. The summed E-state index contributed by atoms with van der Waals surface area (Å²) in [7, 11) is 0. The molecular formula is C18H18N6OS. The Labute approximate surface area is 155 Å². The number of hydrogen-bond acceptors (Lipinski definition) is 6. The Hall–Kier alpha value is -2.87. The quantitative estimate of drug-likeness (QED) is 0.696. The van der Waals surface area contributed by atoms with Crippen molar-refractivity contribution < 1.29 is 4.79 Å². The van der Waals surface area contributed by atoms with Crippen LogP contribution < -0.4 is 10.6 Å². The molecule has 0 spiro atoms. The largest absolute Gasteiger partial charge is 0.379 e. The van der Waals surface area contributed by atoms with Crippen molar-refractivity contribution in [2.24, 2.45) is 0 Å². The Bertz CT molecular complexity index is 890.